The first-order chi connectivity index (χ1) is 10.5. The summed E-state index contributed by atoms with van der Waals surface area (Å²) < 4.78 is 11.3. The van der Waals surface area contributed by atoms with Gasteiger partial charge in [0, 0.05) is 16.1 Å². The van der Waals surface area contributed by atoms with Gasteiger partial charge in [-0.2, -0.15) is 0 Å². The van der Waals surface area contributed by atoms with E-state index in [0.29, 0.717) is 33.8 Å². The Labute approximate surface area is 137 Å². The topological polar surface area (TPSA) is 47.6 Å². The maximum absolute atomic E-state index is 11.5. The average Bonchev–Trinajstić information content (AvgIpc) is 2.45. The summed E-state index contributed by atoms with van der Waals surface area (Å²) in [5.41, 5.74) is 1.51. The molecule has 1 unspecified atom stereocenters. The molecule has 22 heavy (non-hydrogen) atoms. The maximum atomic E-state index is 11.5. The molecular weight excluding hydrogens is 325 g/mol. The first-order valence-corrected chi connectivity index (χ1v) is 7.46. The predicted molar refractivity (Wildman–Crippen MR) is 86.0 cm³/mol. The maximum Gasteiger partial charge on any atom is 0.265 e. The standard InChI is InChI=1S/C16H13Cl2NO3/c1-9-16(20)19-14-3-2-13(7-15(14)22-9)21-8-10-4-11(17)6-12(18)5-10/h2-7,9H,8H2,1H3,(H,19,20). The van der Waals surface area contributed by atoms with Gasteiger partial charge in [-0.25, -0.2) is 0 Å². The molecule has 0 aromatic heterocycles. The fourth-order valence-electron chi connectivity index (χ4n) is 2.13. The lowest BCUT2D eigenvalue weighted by molar-refractivity contribution is -0.122. The molecule has 2 aromatic carbocycles. The lowest BCUT2D eigenvalue weighted by atomic mass is 10.2. The number of ether oxygens (including phenoxy) is 2. The third-order valence-electron chi connectivity index (χ3n) is 3.21. The zero-order chi connectivity index (χ0) is 15.7. The zero-order valence-corrected chi connectivity index (χ0v) is 13.2. The molecular formula is C16H13Cl2NO3. The quantitative estimate of drug-likeness (QED) is 0.908. The minimum absolute atomic E-state index is 0.158. The van der Waals surface area contributed by atoms with Crippen molar-refractivity contribution in [3.05, 3.63) is 52.0 Å². The number of anilines is 1. The third kappa shape index (κ3) is 3.29. The van der Waals surface area contributed by atoms with Crippen molar-refractivity contribution < 1.29 is 14.3 Å². The van der Waals surface area contributed by atoms with E-state index < -0.39 is 6.10 Å². The molecule has 1 amide bonds. The van der Waals surface area contributed by atoms with Gasteiger partial charge in [0.25, 0.3) is 5.91 Å². The Bertz CT molecular complexity index is 713. The third-order valence-corrected chi connectivity index (χ3v) is 3.65. The molecule has 4 nitrogen and oxygen atoms in total. The van der Waals surface area contributed by atoms with Crippen LogP contribution in [0.15, 0.2) is 36.4 Å². The van der Waals surface area contributed by atoms with Crippen LogP contribution in [-0.4, -0.2) is 12.0 Å². The second-order valence-electron chi connectivity index (χ2n) is 4.97. The van der Waals surface area contributed by atoms with Gasteiger partial charge in [0.1, 0.15) is 18.1 Å². The van der Waals surface area contributed by atoms with Gasteiger partial charge in [-0.05, 0) is 42.8 Å². The van der Waals surface area contributed by atoms with Crippen LogP contribution in [0.25, 0.3) is 0 Å². The van der Waals surface area contributed by atoms with Gasteiger partial charge in [-0.15, -0.1) is 0 Å². The number of amides is 1. The highest BCUT2D eigenvalue weighted by Gasteiger charge is 2.23. The van der Waals surface area contributed by atoms with Gasteiger partial charge in [0.15, 0.2) is 6.10 Å². The van der Waals surface area contributed by atoms with Crippen molar-refractivity contribution in [2.24, 2.45) is 0 Å². The number of carbonyl (C=O) groups excluding carboxylic acids is 1. The van der Waals surface area contributed by atoms with Crippen molar-refractivity contribution in [3.8, 4) is 11.5 Å². The van der Waals surface area contributed by atoms with Crippen molar-refractivity contribution in [2.75, 3.05) is 5.32 Å². The summed E-state index contributed by atoms with van der Waals surface area (Å²) in [7, 11) is 0. The fraction of sp³-hybridized carbons (Fsp3) is 0.188. The van der Waals surface area contributed by atoms with Crippen molar-refractivity contribution in [1.82, 2.24) is 0 Å². The van der Waals surface area contributed by atoms with E-state index in [9.17, 15) is 4.79 Å². The predicted octanol–water partition coefficient (Wildman–Crippen LogP) is 4.29. The van der Waals surface area contributed by atoms with Crippen molar-refractivity contribution in [3.63, 3.8) is 0 Å². The van der Waals surface area contributed by atoms with Crippen LogP contribution in [0.1, 0.15) is 12.5 Å². The summed E-state index contributed by atoms with van der Waals surface area (Å²) in [6, 6.07) is 10.5. The fourth-order valence-corrected chi connectivity index (χ4v) is 2.70. The summed E-state index contributed by atoms with van der Waals surface area (Å²) >= 11 is 11.9. The normalized spacial score (nSPS) is 16.5. The van der Waals surface area contributed by atoms with Gasteiger partial charge < -0.3 is 14.8 Å². The number of carbonyl (C=O) groups is 1. The molecule has 6 heteroatoms. The molecule has 0 spiro atoms. The highest BCUT2D eigenvalue weighted by Crippen LogP contribution is 2.33. The van der Waals surface area contributed by atoms with Gasteiger partial charge in [0.2, 0.25) is 0 Å². The largest absolute Gasteiger partial charge is 0.489 e. The van der Waals surface area contributed by atoms with Gasteiger partial charge in [-0.1, -0.05) is 23.2 Å². The molecule has 1 atom stereocenters. The van der Waals surface area contributed by atoms with Gasteiger partial charge in [0.05, 0.1) is 5.69 Å². The number of hydrogen-bond acceptors (Lipinski definition) is 3. The van der Waals surface area contributed by atoms with E-state index >= 15 is 0 Å². The molecule has 3 rings (SSSR count). The molecule has 1 aliphatic heterocycles. The molecule has 0 saturated carbocycles. The molecule has 1 aliphatic rings. The number of nitrogens with one attached hydrogen (secondary N) is 1. The highest BCUT2D eigenvalue weighted by atomic mass is 35.5. The molecule has 0 radical (unpaired) electrons. The van der Waals surface area contributed by atoms with Crippen LogP contribution in [0.2, 0.25) is 10.0 Å². The summed E-state index contributed by atoms with van der Waals surface area (Å²) in [4.78, 5) is 11.5. The Morgan fingerprint density at radius 1 is 1.18 bits per heavy atom. The van der Waals surface area contributed by atoms with Gasteiger partial charge in [-0.3, -0.25) is 4.79 Å². The first-order valence-electron chi connectivity index (χ1n) is 6.70. The Morgan fingerprint density at radius 3 is 2.64 bits per heavy atom. The van der Waals surface area contributed by atoms with Crippen LogP contribution in [0, 0.1) is 0 Å². The summed E-state index contributed by atoms with van der Waals surface area (Å²) in [5.74, 6) is 1.07. The second-order valence-corrected chi connectivity index (χ2v) is 5.85. The number of hydrogen-bond donors (Lipinski definition) is 1. The number of rotatable bonds is 3. The average molecular weight is 338 g/mol. The zero-order valence-electron chi connectivity index (χ0n) is 11.7. The molecule has 1 N–H and O–H groups in total. The summed E-state index contributed by atoms with van der Waals surface area (Å²) in [6.07, 6.45) is -0.519. The Hall–Kier alpha value is -1.91. The highest BCUT2D eigenvalue weighted by molar-refractivity contribution is 6.34. The van der Waals surface area contributed by atoms with Crippen molar-refractivity contribution in [1.29, 1.82) is 0 Å². The molecule has 0 bridgehead atoms. The Balaban J connectivity index is 1.74. The first kappa shape index (κ1) is 15.0. The van der Waals surface area contributed by atoms with E-state index in [2.05, 4.69) is 5.32 Å². The Kier molecular flexibility index (Phi) is 4.14. The second kappa shape index (κ2) is 6.07. The summed E-state index contributed by atoms with van der Waals surface area (Å²) in [5, 5.41) is 3.90. The molecule has 0 aliphatic carbocycles. The smallest absolute Gasteiger partial charge is 0.265 e. The molecule has 0 saturated heterocycles. The minimum atomic E-state index is -0.519. The van der Waals surface area contributed by atoms with Crippen LogP contribution in [-0.2, 0) is 11.4 Å². The van der Waals surface area contributed by atoms with Crippen LogP contribution >= 0.6 is 23.2 Å². The van der Waals surface area contributed by atoms with E-state index in [1.165, 1.54) is 0 Å². The number of halogens is 2. The van der Waals surface area contributed by atoms with E-state index in [4.69, 9.17) is 32.7 Å². The van der Waals surface area contributed by atoms with Crippen LogP contribution in [0.4, 0.5) is 5.69 Å². The molecule has 0 fully saturated rings. The lowest BCUT2D eigenvalue weighted by Crippen LogP contribution is -2.34. The Morgan fingerprint density at radius 2 is 1.91 bits per heavy atom. The van der Waals surface area contributed by atoms with Gasteiger partial charge >= 0.3 is 0 Å². The van der Waals surface area contributed by atoms with Crippen LogP contribution < -0.4 is 14.8 Å². The van der Waals surface area contributed by atoms with E-state index in [-0.39, 0.29) is 5.91 Å². The molecule has 2 aromatic rings. The molecule has 114 valence electrons. The van der Waals surface area contributed by atoms with E-state index in [0.717, 1.165) is 5.56 Å². The van der Waals surface area contributed by atoms with E-state index in [1.807, 2.05) is 0 Å². The molecule has 1 heterocycles. The minimum Gasteiger partial charge on any atom is -0.489 e. The SMILES string of the molecule is CC1Oc2cc(OCc3cc(Cl)cc(Cl)c3)ccc2NC1=O. The number of benzene rings is 2. The van der Waals surface area contributed by atoms with Crippen molar-refractivity contribution >= 4 is 34.8 Å². The summed E-state index contributed by atoms with van der Waals surface area (Å²) in [6.45, 7) is 2.03. The van der Waals surface area contributed by atoms with Crippen LogP contribution in [0.5, 0.6) is 11.5 Å². The number of fused-ring (bicyclic) bond motifs is 1. The van der Waals surface area contributed by atoms with Crippen LogP contribution in [0.3, 0.4) is 0 Å². The van der Waals surface area contributed by atoms with E-state index in [1.54, 1.807) is 43.3 Å². The monoisotopic (exact) mass is 337 g/mol. The van der Waals surface area contributed by atoms with Crippen molar-refractivity contribution in [2.45, 2.75) is 19.6 Å². The lowest BCUT2D eigenvalue weighted by Gasteiger charge is -2.23.